The standard InChI is InChI=1S/C15H20N2O/c18-15(11-5-7-16-8-6-11)17-14-9-12-3-1-2-4-13(12)10-14/h1-4,11,14,16H,5-10H2,(H,17,18). The van der Waals surface area contributed by atoms with Gasteiger partial charge in [0.1, 0.15) is 0 Å². The van der Waals surface area contributed by atoms with E-state index in [0.29, 0.717) is 6.04 Å². The Morgan fingerprint density at radius 3 is 2.33 bits per heavy atom. The zero-order valence-corrected chi connectivity index (χ0v) is 10.6. The number of hydrogen-bond donors (Lipinski definition) is 2. The van der Waals surface area contributed by atoms with Gasteiger partial charge in [-0.2, -0.15) is 0 Å². The number of benzene rings is 1. The summed E-state index contributed by atoms with van der Waals surface area (Å²) in [5.74, 6) is 0.476. The van der Waals surface area contributed by atoms with Crippen molar-refractivity contribution in [2.24, 2.45) is 5.92 Å². The predicted molar refractivity (Wildman–Crippen MR) is 71.4 cm³/mol. The second kappa shape index (κ2) is 5.11. The molecule has 2 N–H and O–H groups in total. The Kier molecular flexibility index (Phi) is 3.33. The molecule has 0 aromatic heterocycles. The van der Waals surface area contributed by atoms with Crippen molar-refractivity contribution in [1.29, 1.82) is 0 Å². The zero-order valence-electron chi connectivity index (χ0n) is 10.6. The van der Waals surface area contributed by atoms with Crippen molar-refractivity contribution in [3.63, 3.8) is 0 Å². The number of nitrogens with one attached hydrogen (secondary N) is 2. The van der Waals surface area contributed by atoms with Crippen LogP contribution in [0.5, 0.6) is 0 Å². The van der Waals surface area contributed by atoms with Gasteiger partial charge in [0.2, 0.25) is 5.91 Å². The van der Waals surface area contributed by atoms with E-state index in [4.69, 9.17) is 0 Å². The number of rotatable bonds is 2. The number of carbonyl (C=O) groups is 1. The lowest BCUT2D eigenvalue weighted by molar-refractivity contribution is -0.126. The molecule has 1 fully saturated rings. The highest BCUT2D eigenvalue weighted by Gasteiger charge is 2.26. The number of fused-ring (bicyclic) bond motifs is 1. The first-order valence-electron chi connectivity index (χ1n) is 6.91. The van der Waals surface area contributed by atoms with Crippen molar-refractivity contribution in [3.8, 4) is 0 Å². The van der Waals surface area contributed by atoms with E-state index in [-0.39, 0.29) is 11.8 Å². The normalized spacial score (nSPS) is 20.7. The van der Waals surface area contributed by atoms with Crippen LogP contribution in [0, 0.1) is 5.92 Å². The molecule has 0 radical (unpaired) electrons. The molecule has 3 nitrogen and oxygen atoms in total. The van der Waals surface area contributed by atoms with Gasteiger partial charge in [0.05, 0.1) is 0 Å². The first kappa shape index (κ1) is 11.7. The molecule has 0 bridgehead atoms. The highest BCUT2D eigenvalue weighted by molar-refractivity contribution is 5.79. The molecule has 0 unspecified atom stereocenters. The number of hydrogen-bond acceptors (Lipinski definition) is 2. The average Bonchev–Trinajstić information content (AvgIpc) is 2.82. The molecule has 1 amide bonds. The molecule has 1 saturated heterocycles. The summed E-state index contributed by atoms with van der Waals surface area (Å²) in [6.45, 7) is 1.95. The molecule has 0 saturated carbocycles. The van der Waals surface area contributed by atoms with Gasteiger partial charge >= 0.3 is 0 Å². The molecule has 18 heavy (non-hydrogen) atoms. The van der Waals surface area contributed by atoms with Crippen LogP contribution in [0.4, 0.5) is 0 Å². The molecular weight excluding hydrogens is 224 g/mol. The Bertz CT molecular complexity index is 413. The summed E-state index contributed by atoms with van der Waals surface area (Å²) in [4.78, 5) is 12.2. The van der Waals surface area contributed by atoms with E-state index in [1.807, 2.05) is 0 Å². The first-order chi connectivity index (χ1) is 8.83. The number of carbonyl (C=O) groups excluding carboxylic acids is 1. The molecule has 1 aliphatic heterocycles. The quantitative estimate of drug-likeness (QED) is 0.822. The molecule has 0 atom stereocenters. The number of piperidine rings is 1. The Hall–Kier alpha value is -1.35. The fourth-order valence-corrected chi connectivity index (χ4v) is 3.06. The monoisotopic (exact) mass is 244 g/mol. The fraction of sp³-hybridized carbons (Fsp3) is 0.533. The Morgan fingerprint density at radius 2 is 1.72 bits per heavy atom. The van der Waals surface area contributed by atoms with Crippen LogP contribution in [-0.4, -0.2) is 25.0 Å². The van der Waals surface area contributed by atoms with E-state index in [0.717, 1.165) is 38.8 Å². The highest BCUT2D eigenvalue weighted by atomic mass is 16.1. The van der Waals surface area contributed by atoms with Gasteiger partial charge < -0.3 is 10.6 Å². The van der Waals surface area contributed by atoms with Gasteiger partial charge in [-0.05, 0) is 49.9 Å². The summed E-state index contributed by atoms with van der Waals surface area (Å²) in [6.07, 6.45) is 3.94. The minimum absolute atomic E-state index is 0.218. The molecule has 3 heteroatoms. The van der Waals surface area contributed by atoms with Crippen LogP contribution in [0.25, 0.3) is 0 Å². The maximum atomic E-state index is 12.2. The third-order valence-electron chi connectivity index (χ3n) is 4.11. The van der Waals surface area contributed by atoms with Crippen LogP contribution >= 0.6 is 0 Å². The van der Waals surface area contributed by atoms with E-state index in [1.165, 1.54) is 11.1 Å². The summed E-state index contributed by atoms with van der Waals surface area (Å²) in [6, 6.07) is 8.81. The molecular formula is C15H20N2O. The maximum Gasteiger partial charge on any atom is 0.223 e. The molecule has 1 heterocycles. The molecule has 3 rings (SSSR count). The second-order valence-electron chi connectivity index (χ2n) is 5.41. The van der Waals surface area contributed by atoms with Crippen molar-refractivity contribution in [2.75, 3.05) is 13.1 Å². The number of amides is 1. The molecule has 96 valence electrons. The first-order valence-corrected chi connectivity index (χ1v) is 6.91. The van der Waals surface area contributed by atoms with E-state index >= 15 is 0 Å². The molecule has 1 aromatic carbocycles. The fourth-order valence-electron chi connectivity index (χ4n) is 3.06. The topological polar surface area (TPSA) is 41.1 Å². The summed E-state index contributed by atoms with van der Waals surface area (Å²) in [5, 5.41) is 6.53. The largest absolute Gasteiger partial charge is 0.352 e. The van der Waals surface area contributed by atoms with Crippen LogP contribution in [0.3, 0.4) is 0 Å². The van der Waals surface area contributed by atoms with Crippen molar-refractivity contribution in [1.82, 2.24) is 10.6 Å². The van der Waals surface area contributed by atoms with Crippen LogP contribution in [0.15, 0.2) is 24.3 Å². The van der Waals surface area contributed by atoms with Crippen molar-refractivity contribution in [3.05, 3.63) is 35.4 Å². The third kappa shape index (κ3) is 2.41. The minimum atomic E-state index is 0.218. The van der Waals surface area contributed by atoms with Crippen molar-refractivity contribution < 1.29 is 4.79 Å². The van der Waals surface area contributed by atoms with E-state index in [2.05, 4.69) is 34.9 Å². The Labute approximate surface area is 108 Å². The molecule has 2 aliphatic rings. The molecule has 1 aliphatic carbocycles. The van der Waals surface area contributed by atoms with E-state index < -0.39 is 0 Å². The maximum absolute atomic E-state index is 12.2. The third-order valence-corrected chi connectivity index (χ3v) is 4.11. The van der Waals surface area contributed by atoms with E-state index in [9.17, 15) is 4.79 Å². The lowest BCUT2D eigenvalue weighted by Gasteiger charge is -2.23. The summed E-state index contributed by atoms with van der Waals surface area (Å²) >= 11 is 0. The summed E-state index contributed by atoms with van der Waals surface area (Å²) < 4.78 is 0. The summed E-state index contributed by atoms with van der Waals surface area (Å²) in [7, 11) is 0. The predicted octanol–water partition coefficient (Wildman–Crippen LogP) is 1.27. The van der Waals surface area contributed by atoms with Gasteiger partial charge in [-0.3, -0.25) is 4.79 Å². The zero-order chi connectivity index (χ0) is 12.4. The minimum Gasteiger partial charge on any atom is -0.352 e. The van der Waals surface area contributed by atoms with Crippen LogP contribution in [0.1, 0.15) is 24.0 Å². The van der Waals surface area contributed by atoms with Gasteiger partial charge in [0.25, 0.3) is 0 Å². The van der Waals surface area contributed by atoms with Gasteiger partial charge in [0, 0.05) is 12.0 Å². The Morgan fingerprint density at radius 1 is 1.11 bits per heavy atom. The molecule has 1 aromatic rings. The van der Waals surface area contributed by atoms with Gasteiger partial charge in [-0.25, -0.2) is 0 Å². The molecule has 0 spiro atoms. The van der Waals surface area contributed by atoms with Crippen molar-refractivity contribution in [2.45, 2.75) is 31.7 Å². The average molecular weight is 244 g/mol. The van der Waals surface area contributed by atoms with Gasteiger partial charge in [0.15, 0.2) is 0 Å². The lowest BCUT2D eigenvalue weighted by atomic mass is 9.97. The SMILES string of the molecule is O=C(NC1Cc2ccccc2C1)C1CCNCC1. The van der Waals surface area contributed by atoms with E-state index in [1.54, 1.807) is 0 Å². The highest BCUT2D eigenvalue weighted by Crippen LogP contribution is 2.22. The van der Waals surface area contributed by atoms with Gasteiger partial charge in [-0.1, -0.05) is 24.3 Å². The van der Waals surface area contributed by atoms with Crippen molar-refractivity contribution >= 4 is 5.91 Å². The Balaban J connectivity index is 1.57. The lowest BCUT2D eigenvalue weighted by Crippen LogP contribution is -2.43. The van der Waals surface area contributed by atoms with Crippen LogP contribution < -0.4 is 10.6 Å². The van der Waals surface area contributed by atoms with Crippen LogP contribution in [-0.2, 0) is 17.6 Å². The summed E-state index contributed by atoms with van der Waals surface area (Å²) in [5.41, 5.74) is 2.79. The second-order valence-corrected chi connectivity index (χ2v) is 5.41. The van der Waals surface area contributed by atoms with Crippen LogP contribution in [0.2, 0.25) is 0 Å². The smallest absolute Gasteiger partial charge is 0.223 e. The van der Waals surface area contributed by atoms with Gasteiger partial charge in [-0.15, -0.1) is 0 Å².